The molecule has 3 heteroatoms. The van der Waals surface area contributed by atoms with Gasteiger partial charge in [-0.1, -0.05) is 25.5 Å². The summed E-state index contributed by atoms with van der Waals surface area (Å²) in [6.45, 7) is 2.30. The fourth-order valence-corrected chi connectivity index (χ4v) is 6.03. The van der Waals surface area contributed by atoms with Crippen molar-refractivity contribution >= 4 is 5.97 Å². The lowest BCUT2D eigenvalue weighted by atomic mass is 9.32. The lowest BCUT2D eigenvalue weighted by Crippen LogP contribution is -2.73. The maximum atomic E-state index is 11.6. The molecule has 0 saturated heterocycles. The second-order valence-corrected chi connectivity index (χ2v) is 7.54. The maximum Gasteiger partial charge on any atom is 0.337 e. The second kappa shape index (κ2) is 4.58. The molecule has 0 amide bonds. The summed E-state index contributed by atoms with van der Waals surface area (Å²) in [4.78, 5) is 11.6. The molecular weight excluding hydrogens is 276 g/mol. The van der Waals surface area contributed by atoms with Crippen LogP contribution in [0.1, 0.15) is 54.9 Å². The summed E-state index contributed by atoms with van der Waals surface area (Å²) in [5.41, 5.74) is 0.830. The molecule has 1 aromatic rings. The Balaban J connectivity index is 1.72. The highest BCUT2D eigenvalue weighted by atomic mass is 16.5. The third-order valence-corrected chi connectivity index (χ3v) is 7.10. The second-order valence-electron chi connectivity index (χ2n) is 7.54. The lowest BCUT2D eigenvalue weighted by Gasteiger charge is -2.74. The highest BCUT2D eigenvalue weighted by molar-refractivity contribution is 5.89. The zero-order chi connectivity index (χ0) is 15.5. The van der Waals surface area contributed by atoms with E-state index < -0.39 is 5.60 Å². The zero-order valence-electron chi connectivity index (χ0n) is 13.3. The molecule has 1 aromatic carbocycles. The van der Waals surface area contributed by atoms with Gasteiger partial charge in [0.2, 0.25) is 0 Å². The molecule has 0 aromatic heterocycles. The number of fused-ring (bicyclic) bond motifs is 2. The smallest absolute Gasteiger partial charge is 0.337 e. The van der Waals surface area contributed by atoms with Gasteiger partial charge in [-0.05, 0) is 61.1 Å². The standard InChI is InChI=1S/C19H24O3/c1-18-13-4-3-5-15(18)16(11-10-13)19(18,21)14-8-6-12(7-9-14)17(20)22-2/h6-9,13,15-16,21H,3-5,10-11H2,1-2H3/t13-,15+,16-,18+,19+/m1/s1. The van der Waals surface area contributed by atoms with Gasteiger partial charge in [0.25, 0.3) is 0 Å². The van der Waals surface area contributed by atoms with Gasteiger partial charge in [-0.25, -0.2) is 4.79 Å². The topological polar surface area (TPSA) is 46.5 Å². The molecule has 1 N–H and O–H groups in total. The molecule has 118 valence electrons. The van der Waals surface area contributed by atoms with E-state index in [1.807, 2.05) is 12.1 Å². The highest BCUT2D eigenvalue weighted by Crippen LogP contribution is 2.75. The van der Waals surface area contributed by atoms with E-state index in [2.05, 4.69) is 6.92 Å². The van der Waals surface area contributed by atoms with Crippen LogP contribution >= 0.6 is 0 Å². The highest BCUT2D eigenvalue weighted by Gasteiger charge is 2.74. The number of benzene rings is 1. The molecule has 3 nitrogen and oxygen atoms in total. The predicted molar refractivity (Wildman–Crippen MR) is 83.3 cm³/mol. The average molecular weight is 300 g/mol. The predicted octanol–water partition coefficient (Wildman–Crippen LogP) is 3.51. The van der Waals surface area contributed by atoms with Gasteiger partial charge in [0, 0.05) is 5.41 Å². The first-order valence-corrected chi connectivity index (χ1v) is 8.44. The van der Waals surface area contributed by atoms with Crippen LogP contribution in [0, 0.1) is 23.2 Å². The summed E-state index contributed by atoms with van der Waals surface area (Å²) in [6.07, 6.45) is 6.24. The molecule has 2 bridgehead atoms. The monoisotopic (exact) mass is 300 g/mol. The summed E-state index contributed by atoms with van der Waals surface area (Å²) >= 11 is 0. The van der Waals surface area contributed by atoms with Gasteiger partial charge in [0.15, 0.2) is 0 Å². The van der Waals surface area contributed by atoms with E-state index in [-0.39, 0.29) is 11.4 Å². The molecular formula is C19H24O3. The number of methoxy groups -OCH3 is 1. The van der Waals surface area contributed by atoms with Gasteiger partial charge in [-0.3, -0.25) is 0 Å². The molecule has 0 radical (unpaired) electrons. The van der Waals surface area contributed by atoms with Crippen LogP contribution in [0.25, 0.3) is 0 Å². The molecule has 3 fully saturated rings. The Hall–Kier alpha value is -1.35. The fourth-order valence-electron chi connectivity index (χ4n) is 6.03. The van der Waals surface area contributed by atoms with Crippen LogP contribution in [-0.4, -0.2) is 18.2 Å². The number of hydrogen-bond donors (Lipinski definition) is 1. The molecule has 0 heterocycles. The molecule has 3 aliphatic rings. The van der Waals surface area contributed by atoms with E-state index >= 15 is 0 Å². The zero-order valence-corrected chi connectivity index (χ0v) is 13.3. The first-order valence-electron chi connectivity index (χ1n) is 8.44. The third-order valence-electron chi connectivity index (χ3n) is 7.10. The van der Waals surface area contributed by atoms with Crippen LogP contribution in [0.4, 0.5) is 0 Å². The van der Waals surface area contributed by atoms with Crippen molar-refractivity contribution in [3.8, 4) is 0 Å². The van der Waals surface area contributed by atoms with Crippen molar-refractivity contribution in [3.63, 3.8) is 0 Å². The summed E-state index contributed by atoms with van der Waals surface area (Å²) in [6, 6.07) is 7.42. The minimum Gasteiger partial charge on any atom is -0.465 e. The fraction of sp³-hybridized carbons (Fsp3) is 0.632. The SMILES string of the molecule is COC(=O)c1ccc([C@]2(O)[C@@H]3CC[C@H]4CCC[C@@H]3[C@]42C)cc1. The molecule has 0 aliphatic heterocycles. The quantitative estimate of drug-likeness (QED) is 0.850. The Labute approximate surface area is 131 Å². The van der Waals surface area contributed by atoms with Crippen molar-refractivity contribution in [1.29, 1.82) is 0 Å². The van der Waals surface area contributed by atoms with E-state index in [0.29, 0.717) is 23.3 Å². The van der Waals surface area contributed by atoms with Crippen LogP contribution in [0.5, 0.6) is 0 Å². The van der Waals surface area contributed by atoms with Crippen LogP contribution in [0.2, 0.25) is 0 Å². The Morgan fingerprint density at radius 1 is 1.14 bits per heavy atom. The van der Waals surface area contributed by atoms with E-state index in [9.17, 15) is 9.90 Å². The van der Waals surface area contributed by atoms with Crippen molar-refractivity contribution in [2.24, 2.45) is 23.2 Å². The largest absolute Gasteiger partial charge is 0.465 e. The van der Waals surface area contributed by atoms with Gasteiger partial charge in [-0.15, -0.1) is 0 Å². The number of rotatable bonds is 2. The minimum absolute atomic E-state index is 0.0148. The van der Waals surface area contributed by atoms with Crippen LogP contribution in [-0.2, 0) is 10.3 Å². The van der Waals surface area contributed by atoms with Crippen molar-refractivity contribution in [2.45, 2.75) is 44.6 Å². The Kier molecular flexibility index (Phi) is 2.96. The molecule has 22 heavy (non-hydrogen) atoms. The maximum absolute atomic E-state index is 11.6. The molecule has 0 unspecified atom stereocenters. The summed E-state index contributed by atoms with van der Waals surface area (Å²) in [7, 11) is 1.39. The number of aliphatic hydroxyl groups is 1. The third kappa shape index (κ3) is 1.48. The Morgan fingerprint density at radius 3 is 2.50 bits per heavy atom. The normalized spacial score (nSPS) is 42.4. The summed E-state index contributed by atoms with van der Waals surface area (Å²) in [5, 5.41) is 11.6. The lowest BCUT2D eigenvalue weighted by molar-refractivity contribution is -0.328. The van der Waals surface area contributed by atoms with Gasteiger partial charge in [0.1, 0.15) is 0 Å². The molecule has 3 saturated carbocycles. The number of carbonyl (C=O) groups is 1. The van der Waals surface area contributed by atoms with Crippen molar-refractivity contribution in [1.82, 2.24) is 0 Å². The van der Waals surface area contributed by atoms with Crippen molar-refractivity contribution in [2.75, 3.05) is 7.11 Å². The summed E-state index contributed by atoms with van der Waals surface area (Å²) < 4.78 is 4.76. The van der Waals surface area contributed by atoms with Gasteiger partial charge >= 0.3 is 5.97 Å². The van der Waals surface area contributed by atoms with Gasteiger partial charge < -0.3 is 9.84 Å². The van der Waals surface area contributed by atoms with Gasteiger partial charge in [-0.2, -0.15) is 0 Å². The van der Waals surface area contributed by atoms with Crippen molar-refractivity contribution in [3.05, 3.63) is 35.4 Å². The number of hydrogen-bond acceptors (Lipinski definition) is 3. The van der Waals surface area contributed by atoms with E-state index in [0.717, 1.165) is 12.0 Å². The Morgan fingerprint density at radius 2 is 1.86 bits per heavy atom. The first-order chi connectivity index (χ1) is 10.5. The average Bonchev–Trinajstić information content (AvgIpc) is 2.53. The number of carbonyl (C=O) groups excluding carboxylic acids is 1. The molecule has 3 aliphatic carbocycles. The Bertz CT molecular complexity index is 597. The molecule has 4 rings (SSSR count). The van der Waals surface area contributed by atoms with Crippen molar-refractivity contribution < 1.29 is 14.6 Å². The van der Waals surface area contributed by atoms with Gasteiger partial charge in [0.05, 0.1) is 18.3 Å². The number of ether oxygens (including phenoxy) is 1. The molecule has 5 atom stereocenters. The van der Waals surface area contributed by atoms with Crippen LogP contribution in [0.3, 0.4) is 0 Å². The number of esters is 1. The van der Waals surface area contributed by atoms with Crippen LogP contribution in [0.15, 0.2) is 24.3 Å². The van der Waals surface area contributed by atoms with E-state index in [1.165, 1.54) is 32.8 Å². The summed E-state index contributed by atoms with van der Waals surface area (Å²) in [5.74, 6) is 1.38. The van der Waals surface area contributed by atoms with E-state index in [4.69, 9.17) is 4.74 Å². The minimum atomic E-state index is -0.713. The molecule has 0 spiro atoms. The van der Waals surface area contributed by atoms with E-state index in [1.54, 1.807) is 12.1 Å². The van der Waals surface area contributed by atoms with Crippen LogP contribution < -0.4 is 0 Å². The first kappa shape index (κ1) is 14.3.